The molecule has 0 bridgehead atoms. The van der Waals surface area contributed by atoms with Gasteiger partial charge >= 0.3 is 0 Å². The predicted molar refractivity (Wildman–Crippen MR) is 36.7 cm³/mol. The minimum absolute atomic E-state index is 0.114. The van der Waals surface area contributed by atoms with Crippen LogP contribution in [0.4, 0.5) is 0 Å². The second kappa shape index (κ2) is 2.60. The van der Waals surface area contributed by atoms with Gasteiger partial charge in [-0.15, -0.1) is 0 Å². The monoisotopic (exact) mass is 125 g/mol. The molecule has 0 atom stereocenters. The molecule has 50 valence electrons. The maximum absolute atomic E-state index is 9.71. The summed E-state index contributed by atoms with van der Waals surface area (Å²) in [5.41, 5.74) is 0.453. The highest BCUT2D eigenvalue weighted by Gasteiger charge is 2.13. The zero-order chi connectivity index (χ0) is 7.49. The molecule has 0 aromatic carbocycles. The fourth-order valence-corrected chi connectivity index (χ4v) is 0.223. The number of hydrogen-bond acceptors (Lipinski definition) is 2. The summed E-state index contributed by atoms with van der Waals surface area (Å²) in [6.45, 7) is 9.41. The summed E-state index contributed by atoms with van der Waals surface area (Å²) < 4.78 is 0. The van der Waals surface area contributed by atoms with Gasteiger partial charge in [0.05, 0.1) is 5.70 Å². The van der Waals surface area contributed by atoms with Crippen molar-refractivity contribution in [1.29, 1.82) is 0 Å². The third-order valence-corrected chi connectivity index (χ3v) is 1.05. The number of hydrogen-bond donors (Lipinski definition) is 0. The minimum atomic E-state index is -0.114. The zero-order valence-corrected chi connectivity index (χ0v) is 6.06. The number of isocyanates is 1. The van der Waals surface area contributed by atoms with Crippen LogP contribution in [0.5, 0.6) is 0 Å². The van der Waals surface area contributed by atoms with E-state index in [0.717, 1.165) is 0 Å². The lowest BCUT2D eigenvalue weighted by molar-refractivity contribution is 0.496. The summed E-state index contributed by atoms with van der Waals surface area (Å²) in [6.07, 6.45) is 1.45. The van der Waals surface area contributed by atoms with Crippen molar-refractivity contribution in [2.24, 2.45) is 10.4 Å². The molecule has 0 spiro atoms. The third-order valence-electron chi connectivity index (χ3n) is 1.05. The van der Waals surface area contributed by atoms with Crippen molar-refractivity contribution in [1.82, 2.24) is 0 Å². The Morgan fingerprint density at radius 2 is 2.00 bits per heavy atom. The summed E-state index contributed by atoms with van der Waals surface area (Å²) in [4.78, 5) is 13.1. The summed E-state index contributed by atoms with van der Waals surface area (Å²) >= 11 is 0. The normalized spacial score (nSPS) is 10.1. The van der Waals surface area contributed by atoms with Crippen LogP contribution >= 0.6 is 0 Å². The van der Waals surface area contributed by atoms with Crippen LogP contribution in [-0.4, -0.2) is 6.08 Å². The first-order valence-corrected chi connectivity index (χ1v) is 2.75. The summed E-state index contributed by atoms with van der Waals surface area (Å²) in [5.74, 6) is 0. The Balaban J connectivity index is 4.22. The van der Waals surface area contributed by atoms with Crippen molar-refractivity contribution >= 4 is 6.08 Å². The van der Waals surface area contributed by atoms with E-state index in [4.69, 9.17) is 0 Å². The highest BCUT2D eigenvalue weighted by Crippen LogP contribution is 2.23. The van der Waals surface area contributed by atoms with Crippen LogP contribution in [0.3, 0.4) is 0 Å². The molecular weight excluding hydrogens is 114 g/mol. The number of rotatable bonds is 1. The number of allylic oxidation sites excluding steroid dienone is 1. The van der Waals surface area contributed by atoms with Gasteiger partial charge < -0.3 is 0 Å². The highest BCUT2D eigenvalue weighted by atomic mass is 16.1. The molecule has 0 radical (unpaired) electrons. The Morgan fingerprint density at radius 3 is 2.11 bits per heavy atom. The fourth-order valence-electron chi connectivity index (χ4n) is 0.223. The first-order valence-electron chi connectivity index (χ1n) is 2.75. The molecule has 2 nitrogen and oxygen atoms in total. The molecule has 2 heteroatoms. The molecule has 0 aliphatic carbocycles. The van der Waals surface area contributed by atoms with E-state index in [1.807, 2.05) is 20.8 Å². The van der Waals surface area contributed by atoms with Crippen molar-refractivity contribution < 1.29 is 4.79 Å². The molecule has 0 saturated heterocycles. The minimum Gasteiger partial charge on any atom is -0.211 e. The molecule has 0 unspecified atom stereocenters. The van der Waals surface area contributed by atoms with Crippen LogP contribution in [-0.2, 0) is 4.79 Å². The standard InChI is InChI=1S/C7H11NO/c1-6(8-5-9)7(2,3)4/h1H2,2-4H3. The molecule has 0 aliphatic heterocycles. The highest BCUT2D eigenvalue weighted by molar-refractivity contribution is 5.37. The quantitative estimate of drug-likeness (QED) is 0.388. The van der Waals surface area contributed by atoms with E-state index >= 15 is 0 Å². The van der Waals surface area contributed by atoms with Gasteiger partial charge in [0.25, 0.3) is 0 Å². The molecule has 0 aliphatic rings. The maximum atomic E-state index is 9.71. The average Bonchev–Trinajstić information content (AvgIpc) is 1.64. The zero-order valence-electron chi connectivity index (χ0n) is 6.06. The first-order chi connectivity index (χ1) is 3.98. The van der Waals surface area contributed by atoms with Crippen LogP contribution in [0, 0.1) is 5.41 Å². The average molecular weight is 125 g/mol. The Kier molecular flexibility index (Phi) is 2.35. The molecule has 0 amide bonds. The van der Waals surface area contributed by atoms with Crippen LogP contribution < -0.4 is 0 Å². The summed E-state index contributed by atoms with van der Waals surface area (Å²) in [7, 11) is 0. The predicted octanol–water partition coefficient (Wildman–Crippen LogP) is 1.88. The van der Waals surface area contributed by atoms with Gasteiger partial charge in [-0.25, -0.2) is 4.79 Å². The van der Waals surface area contributed by atoms with E-state index < -0.39 is 0 Å². The molecule has 0 N–H and O–H groups in total. The van der Waals surface area contributed by atoms with Crippen LogP contribution in [0.1, 0.15) is 20.8 Å². The van der Waals surface area contributed by atoms with Crippen LogP contribution in [0.15, 0.2) is 17.3 Å². The Hall–Kier alpha value is -0.880. The first kappa shape index (κ1) is 8.12. The lowest BCUT2D eigenvalue weighted by atomic mass is 9.93. The summed E-state index contributed by atoms with van der Waals surface area (Å²) in [5, 5.41) is 0. The number of nitrogens with zero attached hydrogens (tertiary/aromatic N) is 1. The van der Waals surface area contributed by atoms with E-state index in [1.165, 1.54) is 6.08 Å². The number of aliphatic imine (C=N–C) groups is 1. The maximum Gasteiger partial charge on any atom is 0.240 e. The lowest BCUT2D eigenvalue weighted by Crippen LogP contribution is -2.05. The molecule has 9 heavy (non-hydrogen) atoms. The van der Waals surface area contributed by atoms with Gasteiger partial charge in [-0.3, -0.25) is 0 Å². The van der Waals surface area contributed by atoms with Crippen molar-refractivity contribution in [3.05, 3.63) is 12.3 Å². The lowest BCUT2D eigenvalue weighted by Gasteiger charge is -2.15. The van der Waals surface area contributed by atoms with Gasteiger partial charge in [0, 0.05) is 5.41 Å². The molecule has 0 saturated carbocycles. The van der Waals surface area contributed by atoms with Crippen molar-refractivity contribution in [2.45, 2.75) is 20.8 Å². The Bertz CT molecular complexity index is 158. The molecule has 0 rings (SSSR count). The second-order valence-corrected chi connectivity index (χ2v) is 2.90. The van der Waals surface area contributed by atoms with E-state index in [-0.39, 0.29) is 5.41 Å². The molecular formula is C7H11NO. The molecule has 0 aromatic rings. The number of carbonyl (C=O) groups excluding carboxylic acids is 1. The fraction of sp³-hybridized carbons (Fsp3) is 0.571. The van der Waals surface area contributed by atoms with E-state index in [0.29, 0.717) is 5.70 Å². The van der Waals surface area contributed by atoms with Crippen molar-refractivity contribution in [3.63, 3.8) is 0 Å². The van der Waals surface area contributed by atoms with Crippen LogP contribution in [0.25, 0.3) is 0 Å². The van der Waals surface area contributed by atoms with E-state index in [1.54, 1.807) is 0 Å². The smallest absolute Gasteiger partial charge is 0.211 e. The van der Waals surface area contributed by atoms with Gasteiger partial charge in [-0.2, -0.15) is 4.99 Å². The van der Waals surface area contributed by atoms with Gasteiger partial charge in [0.2, 0.25) is 6.08 Å². The molecule has 0 fully saturated rings. The Labute approximate surface area is 55.3 Å². The van der Waals surface area contributed by atoms with Crippen molar-refractivity contribution in [2.75, 3.05) is 0 Å². The largest absolute Gasteiger partial charge is 0.240 e. The van der Waals surface area contributed by atoms with Gasteiger partial charge in [0.1, 0.15) is 0 Å². The van der Waals surface area contributed by atoms with Crippen molar-refractivity contribution in [3.8, 4) is 0 Å². The van der Waals surface area contributed by atoms with Gasteiger partial charge in [0.15, 0.2) is 0 Å². The third kappa shape index (κ3) is 2.83. The van der Waals surface area contributed by atoms with Gasteiger partial charge in [-0.05, 0) is 0 Å². The van der Waals surface area contributed by atoms with E-state index in [9.17, 15) is 4.79 Å². The Morgan fingerprint density at radius 1 is 1.56 bits per heavy atom. The molecule has 0 aromatic heterocycles. The second-order valence-electron chi connectivity index (χ2n) is 2.90. The topological polar surface area (TPSA) is 29.4 Å². The van der Waals surface area contributed by atoms with E-state index in [2.05, 4.69) is 11.6 Å². The molecule has 0 heterocycles. The van der Waals surface area contributed by atoms with Gasteiger partial charge in [-0.1, -0.05) is 27.4 Å². The summed E-state index contributed by atoms with van der Waals surface area (Å²) in [6, 6.07) is 0. The van der Waals surface area contributed by atoms with Crippen LogP contribution in [0.2, 0.25) is 0 Å². The SMILES string of the molecule is C=C(N=C=O)C(C)(C)C.